The monoisotopic (exact) mass is 334 g/mol. The summed E-state index contributed by atoms with van der Waals surface area (Å²) in [5.41, 5.74) is 5.21. The van der Waals surface area contributed by atoms with Gasteiger partial charge in [-0.25, -0.2) is 0 Å². The van der Waals surface area contributed by atoms with Crippen LogP contribution in [0.3, 0.4) is 0 Å². The SMILES string of the molecule is O=C(C1=NNC[C@@H]1c1ccc(Cl)cc1)c1ccc2ccccc2c1. The number of hydrogen-bond donors (Lipinski definition) is 1. The minimum Gasteiger partial charge on any atom is -0.309 e. The summed E-state index contributed by atoms with van der Waals surface area (Å²) in [6.45, 7) is 0.621. The number of hydrazone groups is 1. The summed E-state index contributed by atoms with van der Waals surface area (Å²) < 4.78 is 0. The van der Waals surface area contributed by atoms with Crippen LogP contribution >= 0.6 is 11.6 Å². The third kappa shape index (κ3) is 2.68. The van der Waals surface area contributed by atoms with E-state index in [0.29, 0.717) is 22.8 Å². The fourth-order valence-corrected chi connectivity index (χ4v) is 3.18. The van der Waals surface area contributed by atoms with Gasteiger partial charge in [0.05, 0.1) is 5.92 Å². The van der Waals surface area contributed by atoms with Gasteiger partial charge >= 0.3 is 0 Å². The summed E-state index contributed by atoms with van der Waals surface area (Å²) >= 11 is 5.96. The number of halogens is 1. The molecule has 1 aliphatic rings. The van der Waals surface area contributed by atoms with Gasteiger partial charge in [0.2, 0.25) is 5.78 Å². The molecule has 1 heterocycles. The molecule has 0 fully saturated rings. The number of nitrogens with one attached hydrogen (secondary N) is 1. The molecular formula is C20H15ClN2O. The Hall–Kier alpha value is -2.65. The molecule has 0 aliphatic carbocycles. The van der Waals surface area contributed by atoms with E-state index in [9.17, 15) is 4.79 Å². The molecule has 0 amide bonds. The van der Waals surface area contributed by atoms with Crippen LogP contribution in [-0.4, -0.2) is 18.0 Å². The topological polar surface area (TPSA) is 41.5 Å². The second kappa shape index (κ2) is 6.10. The van der Waals surface area contributed by atoms with Gasteiger partial charge in [-0.1, -0.05) is 60.1 Å². The Morgan fingerprint density at radius 3 is 2.54 bits per heavy atom. The first-order valence-electron chi connectivity index (χ1n) is 7.82. The molecule has 0 aromatic heterocycles. The molecule has 3 nitrogen and oxygen atoms in total. The Kier molecular flexibility index (Phi) is 3.79. The maximum Gasteiger partial charge on any atom is 0.209 e. The van der Waals surface area contributed by atoms with Gasteiger partial charge in [-0.05, 0) is 34.5 Å². The van der Waals surface area contributed by atoms with E-state index < -0.39 is 0 Å². The lowest BCUT2D eigenvalue weighted by Crippen LogP contribution is -2.21. The van der Waals surface area contributed by atoms with Gasteiger partial charge in [0.1, 0.15) is 5.71 Å². The van der Waals surface area contributed by atoms with E-state index in [1.165, 1.54) is 0 Å². The zero-order valence-corrected chi connectivity index (χ0v) is 13.6. The molecule has 3 aromatic rings. The molecule has 1 N–H and O–H groups in total. The van der Waals surface area contributed by atoms with E-state index >= 15 is 0 Å². The minimum atomic E-state index is -0.0544. The normalized spacial score (nSPS) is 16.7. The first-order valence-corrected chi connectivity index (χ1v) is 8.19. The number of nitrogens with zero attached hydrogens (tertiary/aromatic N) is 1. The summed E-state index contributed by atoms with van der Waals surface area (Å²) in [6, 6.07) is 21.4. The van der Waals surface area contributed by atoms with Gasteiger partial charge in [0.25, 0.3) is 0 Å². The van der Waals surface area contributed by atoms with E-state index in [4.69, 9.17) is 11.6 Å². The summed E-state index contributed by atoms with van der Waals surface area (Å²) in [5, 5.41) is 7.11. The summed E-state index contributed by atoms with van der Waals surface area (Å²) in [4.78, 5) is 12.9. The number of Topliss-reactive ketones (excluding diaryl/α,β-unsaturated/α-hetero) is 1. The van der Waals surface area contributed by atoms with Crippen molar-refractivity contribution in [3.8, 4) is 0 Å². The zero-order chi connectivity index (χ0) is 16.5. The van der Waals surface area contributed by atoms with Crippen molar-refractivity contribution in [2.24, 2.45) is 5.10 Å². The second-order valence-electron chi connectivity index (χ2n) is 5.85. The molecule has 4 heteroatoms. The van der Waals surface area contributed by atoms with Crippen molar-refractivity contribution in [1.82, 2.24) is 5.43 Å². The highest BCUT2D eigenvalue weighted by Gasteiger charge is 2.29. The van der Waals surface area contributed by atoms with Crippen LogP contribution in [0.1, 0.15) is 21.8 Å². The van der Waals surface area contributed by atoms with Crippen LogP contribution in [0.15, 0.2) is 71.8 Å². The van der Waals surface area contributed by atoms with Crippen molar-refractivity contribution in [2.45, 2.75) is 5.92 Å². The van der Waals surface area contributed by atoms with Crippen LogP contribution in [-0.2, 0) is 0 Å². The Balaban J connectivity index is 1.68. The maximum atomic E-state index is 12.9. The van der Waals surface area contributed by atoms with Crippen LogP contribution in [0.5, 0.6) is 0 Å². The third-order valence-electron chi connectivity index (χ3n) is 4.34. The van der Waals surface area contributed by atoms with Gasteiger partial charge in [0.15, 0.2) is 0 Å². The summed E-state index contributed by atoms with van der Waals surface area (Å²) in [7, 11) is 0. The second-order valence-corrected chi connectivity index (χ2v) is 6.29. The van der Waals surface area contributed by atoms with Crippen molar-refractivity contribution >= 4 is 33.9 Å². The number of benzene rings is 3. The standard InChI is InChI=1S/C20H15ClN2O/c21-17-9-7-14(8-10-17)18-12-22-23-19(18)20(24)16-6-5-13-3-1-2-4-15(13)11-16/h1-11,18,22H,12H2/t18-/m1/s1. The number of fused-ring (bicyclic) bond motifs is 1. The van der Waals surface area contributed by atoms with Crippen LogP contribution in [0.4, 0.5) is 0 Å². The predicted octanol–water partition coefficient (Wildman–Crippen LogP) is 4.42. The molecule has 0 saturated carbocycles. The lowest BCUT2D eigenvalue weighted by atomic mass is 9.90. The fourth-order valence-electron chi connectivity index (χ4n) is 3.05. The minimum absolute atomic E-state index is 0.0364. The van der Waals surface area contributed by atoms with Crippen molar-refractivity contribution < 1.29 is 4.79 Å². The molecule has 24 heavy (non-hydrogen) atoms. The predicted molar refractivity (Wildman–Crippen MR) is 97.9 cm³/mol. The Bertz CT molecular complexity index is 947. The van der Waals surface area contributed by atoms with Crippen LogP contribution < -0.4 is 5.43 Å². The zero-order valence-electron chi connectivity index (χ0n) is 12.9. The van der Waals surface area contributed by atoms with Gasteiger partial charge in [0, 0.05) is 17.1 Å². The van der Waals surface area contributed by atoms with E-state index in [1.807, 2.05) is 66.7 Å². The Morgan fingerprint density at radius 1 is 1.00 bits per heavy atom. The van der Waals surface area contributed by atoms with E-state index in [0.717, 1.165) is 16.3 Å². The van der Waals surface area contributed by atoms with Gasteiger partial charge in [-0.3, -0.25) is 4.79 Å². The molecule has 1 aliphatic heterocycles. The first kappa shape index (κ1) is 14.9. The van der Waals surface area contributed by atoms with Crippen molar-refractivity contribution in [3.05, 3.63) is 82.9 Å². The van der Waals surface area contributed by atoms with Gasteiger partial charge in [-0.2, -0.15) is 5.10 Å². The maximum absolute atomic E-state index is 12.9. The van der Waals surface area contributed by atoms with E-state index in [-0.39, 0.29) is 11.7 Å². The van der Waals surface area contributed by atoms with Crippen LogP contribution in [0.25, 0.3) is 10.8 Å². The molecule has 0 bridgehead atoms. The third-order valence-corrected chi connectivity index (χ3v) is 4.59. The molecule has 118 valence electrons. The van der Waals surface area contributed by atoms with E-state index in [2.05, 4.69) is 10.5 Å². The average Bonchev–Trinajstić information content (AvgIpc) is 3.11. The van der Waals surface area contributed by atoms with Gasteiger partial charge < -0.3 is 5.43 Å². The Labute approximate surface area is 145 Å². The smallest absolute Gasteiger partial charge is 0.209 e. The molecule has 0 radical (unpaired) electrons. The number of hydrogen-bond acceptors (Lipinski definition) is 3. The molecule has 0 unspecified atom stereocenters. The molecule has 1 atom stereocenters. The van der Waals surface area contributed by atoms with Crippen LogP contribution in [0, 0.1) is 0 Å². The fraction of sp³-hybridized carbons (Fsp3) is 0.100. The quantitative estimate of drug-likeness (QED) is 0.720. The number of rotatable bonds is 3. The first-order chi connectivity index (χ1) is 11.7. The van der Waals surface area contributed by atoms with Crippen LogP contribution in [0.2, 0.25) is 5.02 Å². The lowest BCUT2D eigenvalue weighted by molar-refractivity contribution is 0.106. The molecule has 3 aromatic carbocycles. The molecule has 0 saturated heterocycles. The number of carbonyl (C=O) groups is 1. The lowest BCUT2D eigenvalue weighted by Gasteiger charge is -2.12. The summed E-state index contributed by atoms with van der Waals surface area (Å²) in [5.74, 6) is -0.0908. The summed E-state index contributed by atoms with van der Waals surface area (Å²) in [6.07, 6.45) is 0. The van der Waals surface area contributed by atoms with Crippen molar-refractivity contribution in [3.63, 3.8) is 0 Å². The highest BCUT2D eigenvalue weighted by atomic mass is 35.5. The number of carbonyl (C=O) groups excluding carboxylic acids is 1. The highest BCUT2D eigenvalue weighted by molar-refractivity contribution is 6.48. The van der Waals surface area contributed by atoms with Crippen molar-refractivity contribution in [1.29, 1.82) is 0 Å². The molecule has 0 spiro atoms. The van der Waals surface area contributed by atoms with Gasteiger partial charge in [-0.15, -0.1) is 0 Å². The van der Waals surface area contributed by atoms with Crippen molar-refractivity contribution in [2.75, 3.05) is 6.54 Å². The largest absolute Gasteiger partial charge is 0.309 e. The number of ketones is 1. The Morgan fingerprint density at radius 2 is 1.75 bits per heavy atom. The average molecular weight is 335 g/mol. The van der Waals surface area contributed by atoms with E-state index in [1.54, 1.807) is 0 Å². The molecule has 4 rings (SSSR count). The molecular weight excluding hydrogens is 320 g/mol. The highest BCUT2D eigenvalue weighted by Crippen LogP contribution is 2.25.